The molecule has 0 saturated heterocycles. The zero-order valence-electron chi connectivity index (χ0n) is 8.61. The molecular formula is C9H16O5. The molecule has 14 heavy (non-hydrogen) atoms. The van der Waals surface area contributed by atoms with E-state index in [1.54, 1.807) is 13.8 Å². The first-order valence-electron chi connectivity index (χ1n) is 4.50. The van der Waals surface area contributed by atoms with Crippen LogP contribution in [-0.4, -0.2) is 34.4 Å². The molecule has 82 valence electrons. The second-order valence-corrected chi connectivity index (χ2v) is 3.14. The van der Waals surface area contributed by atoms with Crippen molar-refractivity contribution in [3.8, 4) is 0 Å². The van der Waals surface area contributed by atoms with Crippen LogP contribution in [0.3, 0.4) is 0 Å². The Morgan fingerprint density at radius 2 is 1.86 bits per heavy atom. The van der Waals surface area contributed by atoms with Crippen molar-refractivity contribution < 1.29 is 24.5 Å². The quantitative estimate of drug-likeness (QED) is 0.673. The lowest BCUT2D eigenvalue weighted by atomic mass is 9.87. The summed E-state index contributed by atoms with van der Waals surface area (Å²) in [5, 5.41) is 17.8. The molecule has 0 fully saturated rings. The number of aliphatic carboxylic acids is 2. The topological polar surface area (TPSA) is 83.8 Å². The lowest BCUT2D eigenvalue weighted by Gasteiger charge is -2.30. The second kappa shape index (κ2) is 4.95. The number of carbonyl (C=O) groups is 2. The zero-order chi connectivity index (χ0) is 11.4. The van der Waals surface area contributed by atoms with Gasteiger partial charge in [0.15, 0.2) is 5.60 Å². The van der Waals surface area contributed by atoms with Crippen LogP contribution < -0.4 is 0 Å². The van der Waals surface area contributed by atoms with Gasteiger partial charge in [-0.15, -0.1) is 0 Å². The van der Waals surface area contributed by atoms with E-state index >= 15 is 0 Å². The molecular weight excluding hydrogens is 188 g/mol. The number of hydrogen-bond acceptors (Lipinski definition) is 3. The molecule has 0 aromatic heterocycles. The van der Waals surface area contributed by atoms with E-state index in [2.05, 4.69) is 0 Å². The highest BCUT2D eigenvalue weighted by Gasteiger charge is 2.45. The number of carboxylic acid groups (broad SMARTS) is 2. The maximum Gasteiger partial charge on any atom is 0.336 e. The molecule has 2 atom stereocenters. The summed E-state index contributed by atoms with van der Waals surface area (Å²) in [5.74, 6) is -3.42. The van der Waals surface area contributed by atoms with Crippen LogP contribution in [0.2, 0.25) is 0 Å². The molecule has 0 saturated carbocycles. The van der Waals surface area contributed by atoms with E-state index in [4.69, 9.17) is 14.9 Å². The second-order valence-electron chi connectivity index (χ2n) is 3.14. The van der Waals surface area contributed by atoms with Crippen molar-refractivity contribution in [3.63, 3.8) is 0 Å². The minimum absolute atomic E-state index is 0.173. The van der Waals surface area contributed by atoms with Gasteiger partial charge in [0.1, 0.15) is 0 Å². The summed E-state index contributed by atoms with van der Waals surface area (Å²) in [6.07, 6.45) is 0.220. The van der Waals surface area contributed by atoms with Crippen LogP contribution in [0.5, 0.6) is 0 Å². The fourth-order valence-electron chi connectivity index (χ4n) is 1.41. The third kappa shape index (κ3) is 2.45. The summed E-state index contributed by atoms with van der Waals surface area (Å²) < 4.78 is 5.02. The molecule has 5 heteroatoms. The Labute approximate surface area is 82.7 Å². The Hall–Kier alpha value is -1.10. The first-order valence-corrected chi connectivity index (χ1v) is 4.50. The fraction of sp³-hybridized carbons (Fsp3) is 0.778. The highest BCUT2D eigenvalue weighted by molar-refractivity contribution is 5.85. The highest BCUT2D eigenvalue weighted by Crippen LogP contribution is 2.25. The number of carboxylic acids is 2. The molecule has 0 bridgehead atoms. The van der Waals surface area contributed by atoms with Gasteiger partial charge in [-0.2, -0.15) is 0 Å². The number of ether oxygens (including phenoxy) is 1. The molecule has 0 aromatic carbocycles. The van der Waals surface area contributed by atoms with Gasteiger partial charge in [0, 0.05) is 6.61 Å². The van der Waals surface area contributed by atoms with Crippen LogP contribution in [0.1, 0.15) is 27.2 Å². The summed E-state index contributed by atoms with van der Waals surface area (Å²) in [6, 6.07) is 0. The third-order valence-corrected chi connectivity index (χ3v) is 2.24. The molecule has 0 aromatic rings. The standard InChI is InChI=1S/C9H16O5/c1-4-6(7(10)11)9(3,8(12)13)14-5-2/h6H,4-5H2,1-3H3,(H,10,11)(H,12,13). The molecule has 0 amide bonds. The summed E-state index contributed by atoms with van der Waals surface area (Å²) in [6.45, 7) is 4.72. The highest BCUT2D eigenvalue weighted by atomic mass is 16.5. The fourth-order valence-corrected chi connectivity index (χ4v) is 1.41. The Balaban J connectivity index is 4.95. The first kappa shape index (κ1) is 12.9. The molecule has 2 N–H and O–H groups in total. The van der Waals surface area contributed by atoms with Gasteiger partial charge in [-0.3, -0.25) is 4.79 Å². The normalized spacial score (nSPS) is 17.1. The lowest BCUT2D eigenvalue weighted by molar-refractivity contribution is -0.180. The maximum absolute atomic E-state index is 10.9. The largest absolute Gasteiger partial charge is 0.481 e. The van der Waals surface area contributed by atoms with Crippen molar-refractivity contribution in [1.29, 1.82) is 0 Å². The van der Waals surface area contributed by atoms with Gasteiger partial charge in [0.2, 0.25) is 0 Å². The molecule has 0 rings (SSSR count). The smallest absolute Gasteiger partial charge is 0.336 e. The van der Waals surface area contributed by atoms with Crippen LogP contribution in [0.25, 0.3) is 0 Å². The van der Waals surface area contributed by atoms with E-state index in [1.807, 2.05) is 0 Å². The van der Waals surface area contributed by atoms with Crippen LogP contribution in [0, 0.1) is 5.92 Å². The van der Waals surface area contributed by atoms with Crippen molar-refractivity contribution in [2.75, 3.05) is 6.61 Å². The van der Waals surface area contributed by atoms with Crippen LogP contribution in [-0.2, 0) is 14.3 Å². The molecule has 0 radical (unpaired) electrons. The van der Waals surface area contributed by atoms with Crippen molar-refractivity contribution >= 4 is 11.9 Å². The van der Waals surface area contributed by atoms with Gasteiger partial charge in [-0.25, -0.2) is 4.79 Å². The van der Waals surface area contributed by atoms with Crippen LogP contribution >= 0.6 is 0 Å². The average Bonchev–Trinajstić information content (AvgIpc) is 2.04. The van der Waals surface area contributed by atoms with Gasteiger partial charge in [-0.1, -0.05) is 6.92 Å². The predicted octanol–water partition coefficient (Wildman–Crippen LogP) is 0.977. The van der Waals surface area contributed by atoms with Gasteiger partial charge in [0.05, 0.1) is 5.92 Å². The van der Waals surface area contributed by atoms with Gasteiger partial charge >= 0.3 is 11.9 Å². The van der Waals surface area contributed by atoms with Crippen molar-refractivity contribution in [2.24, 2.45) is 5.92 Å². The summed E-state index contributed by atoms with van der Waals surface area (Å²) in [7, 11) is 0. The summed E-state index contributed by atoms with van der Waals surface area (Å²) in [4.78, 5) is 21.7. The number of rotatable bonds is 6. The Kier molecular flexibility index (Phi) is 4.56. The average molecular weight is 204 g/mol. The van der Waals surface area contributed by atoms with E-state index in [-0.39, 0.29) is 13.0 Å². The molecule has 0 heterocycles. The van der Waals surface area contributed by atoms with Gasteiger partial charge < -0.3 is 14.9 Å². The monoisotopic (exact) mass is 204 g/mol. The van der Waals surface area contributed by atoms with Crippen molar-refractivity contribution in [2.45, 2.75) is 32.8 Å². The molecule has 0 aliphatic heterocycles. The number of hydrogen-bond donors (Lipinski definition) is 2. The first-order chi connectivity index (χ1) is 6.40. The molecule has 0 aliphatic rings. The van der Waals surface area contributed by atoms with Gasteiger partial charge in [0.25, 0.3) is 0 Å². The Morgan fingerprint density at radius 3 is 2.07 bits per heavy atom. The van der Waals surface area contributed by atoms with E-state index < -0.39 is 23.5 Å². The van der Waals surface area contributed by atoms with E-state index in [0.29, 0.717) is 0 Å². The van der Waals surface area contributed by atoms with Crippen molar-refractivity contribution in [1.82, 2.24) is 0 Å². The Morgan fingerprint density at radius 1 is 1.36 bits per heavy atom. The minimum atomic E-state index is -1.64. The van der Waals surface area contributed by atoms with E-state index in [9.17, 15) is 9.59 Å². The van der Waals surface area contributed by atoms with Crippen LogP contribution in [0.15, 0.2) is 0 Å². The molecule has 2 unspecified atom stereocenters. The minimum Gasteiger partial charge on any atom is -0.481 e. The lowest BCUT2D eigenvalue weighted by Crippen LogP contribution is -2.48. The third-order valence-electron chi connectivity index (χ3n) is 2.24. The SMILES string of the molecule is CCOC(C)(C(=O)O)C(CC)C(=O)O. The summed E-state index contributed by atoms with van der Waals surface area (Å²) >= 11 is 0. The van der Waals surface area contributed by atoms with E-state index in [1.165, 1.54) is 6.92 Å². The van der Waals surface area contributed by atoms with Crippen molar-refractivity contribution in [3.05, 3.63) is 0 Å². The summed E-state index contributed by atoms with van der Waals surface area (Å²) in [5.41, 5.74) is -1.64. The maximum atomic E-state index is 10.9. The van der Waals surface area contributed by atoms with Gasteiger partial charge in [-0.05, 0) is 20.3 Å². The zero-order valence-corrected chi connectivity index (χ0v) is 8.61. The molecule has 5 nitrogen and oxygen atoms in total. The molecule has 0 aliphatic carbocycles. The molecule has 0 spiro atoms. The Bertz CT molecular complexity index is 225. The van der Waals surface area contributed by atoms with E-state index in [0.717, 1.165) is 0 Å². The van der Waals surface area contributed by atoms with Crippen LogP contribution in [0.4, 0.5) is 0 Å². The predicted molar refractivity (Wildman–Crippen MR) is 49.1 cm³/mol.